The molecule has 1 fully saturated rings. The van der Waals surface area contributed by atoms with E-state index < -0.39 is 34.2 Å². The number of halogens is 1. The van der Waals surface area contributed by atoms with E-state index in [1.165, 1.54) is 35.2 Å². The Hall–Kier alpha value is -4.34. The molecule has 1 aromatic heterocycles. The minimum Gasteiger partial charge on any atom is -0.507 e. The molecule has 168 valence electrons. The number of aliphatic hydroxyl groups is 1. The Kier molecular flexibility index (Phi) is 5.99. The molecule has 1 N–H and O–H groups in total. The van der Waals surface area contributed by atoms with Crippen LogP contribution in [0.5, 0.6) is 0 Å². The molecular weight excluding hydrogens is 431 g/mol. The fourth-order valence-corrected chi connectivity index (χ4v) is 3.87. The topological polar surface area (TPSA) is 119 Å². The number of aryl methyl sites for hydroxylation is 1. The molecule has 1 aliphatic heterocycles. The van der Waals surface area contributed by atoms with Gasteiger partial charge in [0.15, 0.2) is 0 Å². The molecule has 1 atom stereocenters. The summed E-state index contributed by atoms with van der Waals surface area (Å²) in [4.78, 5) is 41.9. The van der Waals surface area contributed by atoms with E-state index in [1.807, 2.05) is 4.57 Å². The Morgan fingerprint density at radius 3 is 2.58 bits per heavy atom. The Morgan fingerprint density at radius 1 is 1.15 bits per heavy atom. The van der Waals surface area contributed by atoms with Crippen molar-refractivity contribution >= 4 is 23.1 Å². The summed E-state index contributed by atoms with van der Waals surface area (Å²) >= 11 is 0. The first-order chi connectivity index (χ1) is 15.9. The zero-order valence-corrected chi connectivity index (χ0v) is 17.3. The predicted octanol–water partition coefficient (Wildman–Crippen LogP) is 3.44. The molecule has 9 nitrogen and oxygen atoms in total. The monoisotopic (exact) mass is 450 g/mol. The van der Waals surface area contributed by atoms with Crippen LogP contribution in [0.3, 0.4) is 0 Å². The van der Waals surface area contributed by atoms with Gasteiger partial charge in [0.1, 0.15) is 11.6 Å². The van der Waals surface area contributed by atoms with Gasteiger partial charge in [-0.1, -0.05) is 12.1 Å². The Balaban J connectivity index is 1.76. The third-order valence-corrected chi connectivity index (χ3v) is 5.43. The number of non-ortho nitro benzene ring substituents is 1. The van der Waals surface area contributed by atoms with Crippen LogP contribution in [-0.2, 0) is 16.1 Å². The summed E-state index contributed by atoms with van der Waals surface area (Å²) in [5, 5.41) is 22.2. The second-order valence-electron chi connectivity index (χ2n) is 7.51. The summed E-state index contributed by atoms with van der Waals surface area (Å²) in [6.07, 6.45) is 5.49. The van der Waals surface area contributed by atoms with Crippen molar-refractivity contribution in [2.45, 2.75) is 19.0 Å². The average molecular weight is 450 g/mol. The number of nitro benzene ring substituents is 1. The average Bonchev–Trinajstić information content (AvgIpc) is 3.41. The number of aromatic nitrogens is 2. The number of benzene rings is 2. The van der Waals surface area contributed by atoms with Crippen LogP contribution >= 0.6 is 0 Å². The van der Waals surface area contributed by atoms with Gasteiger partial charge in [-0.25, -0.2) is 9.37 Å². The number of Topliss-reactive ketones (excluding diaryl/α,β-unsaturated/α-hetero) is 1. The molecule has 0 spiro atoms. The second-order valence-corrected chi connectivity index (χ2v) is 7.51. The van der Waals surface area contributed by atoms with Crippen LogP contribution in [0.1, 0.15) is 23.6 Å². The van der Waals surface area contributed by atoms with E-state index in [0.29, 0.717) is 18.5 Å². The van der Waals surface area contributed by atoms with Crippen LogP contribution in [0.2, 0.25) is 0 Å². The number of ketones is 1. The van der Waals surface area contributed by atoms with Gasteiger partial charge in [0, 0.05) is 43.2 Å². The predicted molar refractivity (Wildman–Crippen MR) is 115 cm³/mol. The Labute approximate surface area is 187 Å². The SMILES string of the molecule is O=C1C(=O)N(CCCn2ccnc2)[C@@H](c2cccc([N+](=O)[O-])c2)C1=C(O)c1ccc(F)cc1. The van der Waals surface area contributed by atoms with E-state index in [0.717, 1.165) is 12.1 Å². The molecule has 2 heterocycles. The second kappa shape index (κ2) is 9.03. The first kappa shape index (κ1) is 21.9. The normalized spacial score (nSPS) is 17.5. The van der Waals surface area contributed by atoms with Crippen molar-refractivity contribution in [3.8, 4) is 0 Å². The summed E-state index contributed by atoms with van der Waals surface area (Å²) in [6.45, 7) is 0.693. The minimum atomic E-state index is -1.03. The highest BCUT2D eigenvalue weighted by atomic mass is 19.1. The van der Waals surface area contributed by atoms with Crippen molar-refractivity contribution in [2.75, 3.05) is 6.54 Å². The number of imidazole rings is 1. The fourth-order valence-electron chi connectivity index (χ4n) is 3.87. The lowest BCUT2D eigenvalue weighted by molar-refractivity contribution is -0.384. The van der Waals surface area contributed by atoms with Crippen molar-refractivity contribution in [1.82, 2.24) is 14.5 Å². The van der Waals surface area contributed by atoms with Gasteiger partial charge in [0.2, 0.25) is 0 Å². The summed E-state index contributed by atoms with van der Waals surface area (Å²) in [5.74, 6) is -2.72. The van der Waals surface area contributed by atoms with Crippen LogP contribution < -0.4 is 0 Å². The van der Waals surface area contributed by atoms with E-state index in [1.54, 1.807) is 24.8 Å². The van der Waals surface area contributed by atoms with Crippen LogP contribution in [0.15, 0.2) is 72.8 Å². The van der Waals surface area contributed by atoms with E-state index >= 15 is 0 Å². The highest BCUT2D eigenvalue weighted by Crippen LogP contribution is 2.40. The Morgan fingerprint density at radius 2 is 1.91 bits per heavy atom. The van der Waals surface area contributed by atoms with E-state index in [4.69, 9.17) is 0 Å². The smallest absolute Gasteiger partial charge is 0.295 e. The largest absolute Gasteiger partial charge is 0.507 e. The maximum absolute atomic E-state index is 13.3. The van der Waals surface area contributed by atoms with Crippen molar-refractivity contribution in [2.24, 2.45) is 0 Å². The number of carbonyl (C=O) groups is 2. The molecule has 2 aromatic carbocycles. The number of amides is 1. The molecule has 0 radical (unpaired) electrons. The minimum absolute atomic E-state index is 0.156. The molecule has 1 saturated heterocycles. The molecular formula is C23H19FN4O5. The van der Waals surface area contributed by atoms with Gasteiger partial charge < -0.3 is 14.6 Å². The summed E-state index contributed by atoms with van der Waals surface area (Å²) in [5.41, 5.74) is 0.0611. The summed E-state index contributed by atoms with van der Waals surface area (Å²) in [6, 6.07) is 9.39. The standard InChI is InChI=1S/C23H19FN4O5/c24-17-7-5-15(6-8-17)21(29)19-20(16-3-1-4-18(13-16)28(32)33)27(23(31)22(19)30)11-2-10-26-12-9-25-14-26/h1,3-9,12-14,20,29H,2,10-11H2/t20-/m0/s1. The molecule has 10 heteroatoms. The van der Waals surface area contributed by atoms with E-state index in [2.05, 4.69) is 4.98 Å². The van der Waals surface area contributed by atoms with Gasteiger partial charge in [-0.15, -0.1) is 0 Å². The maximum atomic E-state index is 13.3. The number of aliphatic hydroxyl groups excluding tert-OH is 1. The number of hydrogen-bond acceptors (Lipinski definition) is 6. The first-order valence-corrected chi connectivity index (χ1v) is 10.1. The zero-order valence-electron chi connectivity index (χ0n) is 17.3. The van der Waals surface area contributed by atoms with Gasteiger partial charge in [0.25, 0.3) is 17.4 Å². The van der Waals surface area contributed by atoms with Gasteiger partial charge in [-0.05, 0) is 36.2 Å². The number of carbonyl (C=O) groups excluding carboxylic acids is 2. The van der Waals surface area contributed by atoms with Crippen LogP contribution in [0.4, 0.5) is 10.1 Å². The third kappa shape index (κ3) is 4.36. The molecule has 1 aliphatic rings. The third-order valence-electron chi connectivity index (χ3n) is 5.43. The van der Waals surface area contributed by atoms with Crippen molar-refractivity contribution in [3.05, 3.63) is 99.9 Å². The number of nitrogens with zero attached hydrogens (tertiary/aromatic N) is 4. The van der Waals surface area contributed by atoms with E-state index in [-0.39, 0.29) is 23.4 Å². The molecule has 0 unspecified atom stereocenters. The summed E-state index contributed by atoms with van der Waals surface area (Å²) < 4.78 is 15.2. The zero-order chi connectivity index (χ0) is 23.5. The molecule has 4 rings (SSSR count). The number of likely N-dealkylation sites (tertiary alicyclic amines) is 1. The van der Waals surface area contributed by atoms with Crippen LogP contribution in [-0.4, -0.2) is 42.7 Å². The molecule has 0 aliphatic carbocycles. The lowest BCUT2D eigenvalue weighted by Crippen LogP contribution is -2.31. The molecule has 0 bridgehead atoms. The van der Waals surface area contributed by atoms with Crippen LogP contribution in [0, 0.1) is 15.9 Å². The molecule has 3 aromatic rings. The van der Waals surface area contributed by atoms with E-state index in [9.17, 15) is 29.2 Å². The van der Waals surface area contributed by atoms with Crippen LogP contribution in [0.25, 0.3) is 5.76 Å². The van der Waals surface area contributed by atoms with Gasteiger partial charge >= 0.3 is 0 Å². The highest BCUT2D eigenvalue weighted by molar-refractivity contribution is 6.46. The lowest BCUT2D eigenvalue weighted by Gasteiger charge is -2.25. The lowest BCUT2D eigenvalue weighted by atomic mass is 9.95. The fraction of sp³-hybridized carbons (Fsp3) is 0.174. The molecule has 0 saturated carbocycles. The quantitative estimate of drug-likeness (QED) is 0.194. The summed E-state index contributed by atoms with van der Waals surface area (Å²) in [7, 11) is 0. The molecule has 1 amide bonds. The van der Waals surface area contributed by atoms with Gasteiger partial charge in [-0.2, -0.15) is 0 Å². The van der Waals surface area contributed by atoms with Gasteiger partial charge in [-0.3, -0.25) is 19.7 Å². The van der Waals surface area contributed by atoms with Crippen molar-refractivity contribution in [1.29, 1.82) is 0 Å². The molecule has 33 heavy (non-hydrogen) atoms. The highest BCUT2D eigenvalue weighted by Gasteiger charge is 2.46. The van der Waals surface area contributed by atoms with Crippen molar-refractivity contribution in [3.63, 3.8) is 0 Å². The number of rotatable bonds is 7. The first-order valence-electron chi connectivity index (χ1n) is 10.1. The Bertz CT molecular complexity index is 1240. The van der Waals surface area contributed by atoms with Crippen molar-refractivity contribution < 1.29 is 24.0 Å². The maximum Gasteiger partial charge on any atom is 0.295 e. The number of nitro groups is 1. The number of hydrogen-bond donors (Lipinski definition) is 1. The van der Waals surface area contributed by atoms with Gasteiger partial charge in [0.05, 0.1) is 22.9 Å².